The molecule has 0 aliphatic rings. The second-order valence-corrected chi connectivity index (χ2v) is 14.5. The molecule has 0 bridgehead atoms. The molecular formula is C54H35NO2. The fourth-order valence-electron chi connectivity index (χ4n) is 8.37. The summed E-state index contributed by atoms with van der Waals surface area (Å²) >= 11 is 0. The highest BCUT2D eigenvalue weighted by molar-refractivity contribution is 6.17. The summed E-state index contributed by atoms with van der Waals surface area (Å²) in [6, 6.07) is 75.1. The van der Waals surface area contributed by atoms with Crippen LogP contribution in [-0.4, -0.2) is 0 Å². The van der Waals surface area contributed by atoms with Gasteiger partial charge in [0.25, 0.3) is 0 Å². The standard InChI is InChI=1S/C54H35NO2/c1-3-14-36(15-4-1)37-26-29-42(30-27-37)55(48-23-10-7-20-43(48)38-16-5-2-6-17-38)49-32-31-44(54-53(49)46-22-9-12-25-51(46)57-54)41-19-13-18-39(34-41)40-28-33-52-47(35-40)45-21-8-11-24-50(45)56-52/h1-35H. The van der Waals surface area contributed by atoms with Crippen molar-refractivity contribution in [1.82, 2.24) is 0 Å². The molecule has 2 aromatic heterocycles. The van der Waals surface area contributed by atoms with E-state index in [1.165, 1.54) is 11.1 Å². The number of rotatable bonds is 7. The summed E-state index contributed by atoms with van der Waals surface area (Å²) in [5.74, 6) is 0. The second-order valence-electron chi connectivity index (χ2n) is 14.5. The fraction of sp³-hybridized carbons (Fsp3) is 0. The Hall–Kier alpha value is -7.62. The van der Waals surface area contributed by atoms with Gasteiger partial charge in [-0.2, -0.15) is 0 Å². The van der Waals surface area contributed by atoms with Gasteiger partial charge in [0, 0.05) is 33.0 Å². The minimum absolute atomic E-state index is 0.852. The first-order valence-electron chi connectivity index (χ1n) is 19.3. The third-order valence-corrected chi connectivity index (χ3v) is 11.1. The summed E-state index contributed by atoms with van der Waals surface area (Å²) in [4.78, 5) is 2.39. The van der Waals surface area contributed by atoms with Gasteiger partial charge >= 0.3 is 0 Å². The van der Waals surface area contributed by atoms with Crippen LogP contribution in [0.1, 0.15) is 0 Å². The van der Waals surface area contributed by atoms with E-state index in [0.29, 0.717) is 0 Å². The smallest absolute Gasteiger partial charge is 0.145 e. The second kappa shape index (κ2) is 13.6. The third-order valence-electron chi connectivity index (χ3n) is 11.1. The Morgan fingerprint density at radius 1 is 0.298 bits per heavy atom. The van der Waals surface area contributed by atoms with Gasteiger partial charge in [0.2, 0.25) is 0 Å². The van der Waals surface area contributed by atoms with Gasteiger partial charge in [-0.3, -0.25) is 0 Å². The molecule has 0 radical (unpaired) electrons. The van der Waals surface area contributed by atoms with Crippen LogP contribution in [-0.2, 0) is 0 Å². The molecule has 0 aliphatic carbocycles. The van der Waals surface area contributed by atoms with Crippen LogP contribution in [0.15, 0.2) is 221 Å². The molecule has 3 nitrogen and oxygen atoms in total. The third kappa shape index (κ3) is 5.68. The van der Waals surface area contributed by atoms with Crippen LogP contribution >= 0.6 is 0 Å². The van der Waals surface area contributed by atoms with Crippen molar-refractivity contribution in [3.8, 4) is 44.5 Å². The van der Waals surface area contributed by atoms with Gasteiger partial charge in [-0.15, -0.1) is 0 Å². The molecule has 0 saturated carbocycles. The van der Waals surface area contributed by atoms with Crippen LogP contribution in [0.4, 0.5) is 17.1 Å². The quantitative estimate of drug-likeness (QED) is 0.164. The van der Waals surface area contributed by atoms with Crippen LogP contribution in [0.2, 0.25) is 0 Å². The highest BCUT2D eigenvalue weighted by atomic mass is 16.3. The molecule has 0 N–H and O–H groups in total. The normalized spacial score (nSPS) is 11.5. The lowest BCUT2D eigenvalue weighted by Gasteiger charge is -2.29. The number of furan rings is 2. The molecule has 0 fully saturated rings. The Morgan fingerprint density at radius 2 is 0.877 bits per heavy atom. The van der Waals surface area contributed by atoms with E-state index in [4.69, 9.17) is 8.83 Å². The average molecular weight is 730 g/mol. The topological polar surface area (TPSA) is 29.5 Å². The van der Waals surface area contributed by atoms with Crippen molar-refractivity contribution in [2.75, 3.05) is 4.90 Å². The molecule has 11 rings (SSSR count). The Bertz CT molecular complexity index is 3230. The molecular weight excluding hydrogens is 695 g/mol. The summed E-state index contributed by atoms with van der Waals surface area (Å²) in [6.07, 6.45) is 0. The summed E-state index contributed by atoms with van der Waals surface area (Å²) in [6.45, 7) is 0. The Morgan fingerprint density at radius 3 is 1.68 bits per heavy atom. The Labute approximate surface area is 330 Å². The van der Waals surface area contributed by atoms with Crippen molar-refractivity contribution in [3.63, 3.8) is 0 Å². The van der Waals surface area contributed by atoms with E-state index in [-0.39, 0.29) is 0 Å². The lowest BCUT2D eigenvalue weighted by molar-refractivity contribution is 0.669. The van der Waals surface area contributed by atoms with Gasteiger partial charge in [0.1, 0.15) is 22.3 Å². The van der Waals surface area contributed by atoms with E-state index < -0.39 is 0 Å². The zero-order valence-corrected chi connectivity index (χ0v) is 31.0. The van der Waals surface area contributed by atoms with E-state index in [1.807, 2.05) is 18.2 Å². The van der Waals surface area contributed by atoms with Crippen LogP contribution in [0.3, 0.4) is 0 Å². The maximum Gasteiger partial charge on any atom is 0.145 e. The monoisotopic (exact) mass is 729 g/mol. The lowest BCUT2D eigenvalue weighted by Crippen LogP contribution is -2.11. The Kier molecular flexibility index (Phi) is 7.82. The number of hydrogen-bond donors (Lipinski definition) is 0. The summed E-state index contributed by atoms with van der Waals surface area (Å²) in [7, 11) is 0. The molecule has 0 amide bonds. The lowest BCUT2D eigenvalue weighted by atomic mass is 9.95. The van der Waals surface area contributed by atoms with Gasteiger partial charge in [-0.25, -0.2) is 0 Å². The maximum absolute atomic E-state index is 6.89. The highest BCUT2D eigenvalue weighted by Crippen LogP contribution is 2.48. The van der Waals surface area contributed by atoms with Crippen molar-refractivity contribution < 1.29 is 8.83 Å². The van der Waals surface area contributed by atoms with Crippen molar-refractivity contribution in [1.29, 1.82) is 0 Å². The van der Waals surface area contributed by atoms with Gasteiger partial charge in [-0.05, 0) is 94.0 Å². The van der Waals surface area contributed by atoms with E-state index >= 15 is 0 Å². The number of hydrogen-bond acceptors (Lipinski definition) is 3. The number of para-hydroxylation sites is 3. The zero-order valence-electron chi connectivity index (χ0n) is 31.0. The summed E-state index contributed by atoms with van der Waals surface area (Å²) in [5.41, 5.74) is 15.7. The van der Waals surface area contributed by atoms with Crippen molar-refractivity contribution in [2.24, 2.45) is 0 Å². The zero-order chi connectivity index (χ0) is 37.7. The first-order valence-corrected chi connectivity index (χ1v) is 19.3. The van der Waals surface area contributed by atoms with Crippen molar-refractivity contribution in [2.45, 2.75) is 0 Å². The van der Waals surface area contributed by atoms with E-state index in [2.05, 4.69) is 199 Å². The number of fused-ring (bicyclic) bond motifs is 6. The SMILES string of the molecule is c1ccc(-c2ccc(N(c3ccccc3-c3ccccc3)c3ccc(-c4cccc(-c5ccc6oc7ccccc7c6c5)c4)c4oc5ccccc5c34)cc2)cc1. The number of anilines is 3. The van der Waals surface area contributed by atoms with Crippen LogP contribution in [0, 0.1) is 0 Å². The molecule has 0 atom stereocenters. The van der Waals surface area contributed by atoms with E-state index in [9.17, 15) is 0 Å². The molecule has 11 aromatic rings. The average Bonchev–Trinajstić information content (AvgIpc) is 3.87. The molecule has 0 aliphatic heterocycles. The molecule has 0 spiro atoms. The predicted octanol–water partition coefficient (Wildman–Crippen LogP) is 15.6. The fourth-order valence-corrected chi connectivity index (χ4v) is 8.37. The minimum atomic E-state index is 0.852. The molecule has 2 heterocycles. The van der Waals surface area contributed by atoms with Crippen LogP contribution in [0.5, 0.6) is 0 Å². The summed E-state index contributed by atoms with van der Waals surface area (Å²) < 4.78 is 13.0. The molecule has 57 heavy (non-hydrogen) atoms. The maximum atomic E-state index is 6.89. The summed E-state index contributed by atoms with van der Waals surface area (Å²) in [5, 5.41) is 4.37. The van der Waals surface area contributed by atoms with E-state index in [1.54, 1.807) is 0 Å². The molecule has 9 aromatic carbocycles. The first kappa shape index (κ1) is 32.8. The van der Waals surface area contributed by atoms with Crippen molar-refractivity contribution in [3.05, 3.63) is 212 Å². The highest BCUT2D eigenvalue weighted by Gasteiger charge is 2.24. The minimum Gasteiger partial charge on any atom is -0.456 e. The number of nitrogens with zero attached hydrogens (tertiary/aromatic N) is 1. The molecule has 268 valence electrons. The molecule has 0 saturated heterocycles. The molecule has 0 unspecified atom stereocenters. The number of benzene rings is 9. The first-order chi connectivity index (χ1) is 28.3. The Balaban J connectivity index is 1.11. The van der Waals surface area contributed by atoms with Crippen LogP contribution in [0.25, 0.3) is 88.4 Å². The van der Waals surface area contributed by atoms with Gasteiger partial charge < -0.3 is 13.7 Å². The van der Waals surface area contributed by atoms with Gasteiger partial charge in [0.15, 0.2) is 0 Å². The van der Waals surface area contributed by atoms with E-state index in [0.717, 1.165) is 94.3 Å². The van der Waals surface area contributed by atoms with Gasteiger partial charge in [0.05, 0.1) is 16.8 Å². The van der Waals surface area contributed by atoms with Gasteiger partial charge in [-0.1, -0.05) is 152 Å². The molecule has 3 heteroatoms. The predicted molar refractivity (Wildman–Crippen MR) is 237 cm³/mol. The van der Waals surface area contributed by atoms with Crippen molar-refractivity contribution >= 4 is 60.9 Å². The van der Waals surface area contributed by atoms with Crippen LogP contribution < -0.4 is 4.90 Å². The largest absolute Gasteiger partial charge is 0.456 e.